The van der Waals surface area contributed by atoms with Gasteiger partial charge in [0.15, 0.2) is 0 Å². The van der Waals surface area contributed by atoms with Crippen LogP contribution in [0.15, 0.2) is 35.4 Å². The molecule has 0 heterocycles. The quantitative estimate of drug-likeness (QED) is 0.524. The van der Waals surface area contributed by atoms with E-state index >= 15 is 0 Å². The van der Waals surface area contributed by atoms with Crippen LogP contribution in [-0.2, 0) is 5.60 Å². The predicted octanol–water partition coefficient (Wildman–Crippen LogP) is 0.938. The van der Waals surface area contributed by atoms with Gasteiger partial charge in [-0.05, 0) is 19.4 Å². The van der Waals surface area contributed by atoms with E-state index in [1.165, 1.54) is 0 Å². The van der Waals surface area contributed by atoms with Crippen molar-refractivity contribution in [1.29, 1.82) is 0 Å². The zero-order chi connectivity index (χ0) is 12.2. The van der Waals surface area contributed by atoms with Crippen molar-refractivity contribution in [2.45, 2.75) is 19.4 Å². The molecule has 86 valence electrons. The van der Waals surface area contributed by atoms with Crippen molar-refractivity contribution in [3.05, 3.63) is 35.9 Å². The van der Waals surface area contributed by atoms with Crippen LogP contribution in [0.2, 0.25) is 0 Å². The number of nitrogens with zero attached hydrogens (tertiary/aromatic N) is 1. The SMILES string of the molecule is C/C(=N\NC(N)=O)[C@@](C)(O)c1ccccc1. The van der Waals surface area contributed by atoms with Gasteiger partial charge in [-0.3, -0.25) is 0 Å². The number of hydrazone groups is 1. The second-order valence-corrected chi connectivity index (χ2v) is 3.61. The standard InChI is InChI=1S/C11H15N3O2/c1-8(13-14-10(12)15)11(2,16)9-6-4-3-5-7-9/h3-7,16H,1-2H3,(H3,12,14,15)/b13-8+/t11-/m1/s1. The topological polar surface area (TPSA) is 87.7 Å². The molecule has 0 fully saturated rings. The third kappa shape index (κ3) is 2.80. The van der Waals surface area contributed by atoms with Crippen molar-refractivity contribution >= 4 is 11.7 Å². The first-order valence-electron chi connectivity index (χ1n) is 4.82. The number of benzene rings is 1. The van der Waals surface area contributed by atoms with E-state index < -0.39 is 11.6 Å². The second kappa shape index (κ2) is 4.76. The fraction of sp³-hybridized carbons (Fsp3) is 0.273. The summed E-state index contributed by atoms with van der Waals surface area (Å²) in [5.74, 6) is 0. The van der Waals surface area contributed by atoms with Crippen LogP contribution in [0.25, 0.3) is 0 Å². The molecule has 0 aliphatic rings. The molecule has 0 aromatic heterocycles. The number of carbonyl (C=O) groups is 1. The molecule has 1 aromatic carbocycles. The Morgan fingerprint density at radius 2 is 2.00 bits per heavy atom. The summed E-state index contributed by atoms with van der Waals surface area (Å²) in [7, 11) is 0. The van der Waals surface area contributed by atoms with E-state index in [-0.39, 0.29) is 0 Å². The Bertz CT molecular complexity index is 399. The van der Waals surface area contributed by atoms with Crippen LogP contribution in [0.3, 0.4) is 0 Å². The number of carbonyl (C=O) groups excluding carboxylic acids is 1. The van der Waals surface area contributed by atoms with Crippen molar-refractivity contribution in [3.8, 4) is 0 Å². The monoisotopic (exact) mass is 221 g/mol. The fourth-order valence-corrected chi connectivity index (χ4v) is 1.22. The summed E-state index contributed by atoms with van der Waals surface area (Å²) in [6.07, 6.45) is 0. The molecule has 0 aliphatic carbocycles. The molecule has 1 aromatic rings. The Kier molecular flexibility index (Phi) is 3.63. The number of nitrogens with two attached hydrogens (primary N) is 1. The molecule has 1 atom stereocenters. The highest BCUT2D eigenvalue weighted by atomic mass is 16.3. The van der Waals surface area contributed by atoms with Crippen LogP contribution in [0.4, 0.5) is 4.79 Å². The van der Waals surface area contributed by atoms with Gasteiger partial charge >= 0.3 is 6.03 Å². The van der Waals surface area contributed by atoms with E-state index in [1.54, 1.807) is 26.0 Å². The highest BCUT2D eigenvalue weighted by molar-refractivity contribution is 5.91. The average molecular weight is 221 g/mol. The first-order valence-corrected chi connectivity index (χ1v) is 4.82. The van der Waals surface area contributed by atoms with Crippen LogP contribution in [-0.4, -0.2) is 16.8 Å². The van der Waals surface area contributed by atoms with Crippen LogP contribution in [0.1, 0.15) is 19.4 Å². The Balaban J connectivity index is 2.93. The summed E-state index contributed by atoms with van der Waals surface area (Å²) in [5.41, 5.74) is 6.80. The molecule has 2 amide bonds. The number of nitrogens with one attached hydrogen (secondary N) is 1. The van der Waals surface area contributed by atoms with Crippen molar-refractivity contribution in [2.24, 2.45) is 10.8 Å². The Morgan fingerprint density at radius 3 is 2.50 bits per heavy atom. The molecule has 0 bridgehead atoms. The number of aliphatic hydroxyl groups is 1. The van der Waals surface area contributed by atoms with Crippen LogP contribution < -0.4 is 11.2 Å². The number of primary amides is 1. The average Bonchev–Trinajstić information content (AvgIpc) is 2.27. The van der Waals surface area contributed by atoms with Gasteiger partial charge in [-0.15, -0.1) is 0 Å². The Labute approximate surface area is 94.0 Å². The molecular weight excluding hydrogens is 206 g/mol. The maximum Gasteiger partial charge on any atom is 0.332 e. The summed E-state index contributed by atoms with van der Waals surface area (Å²) in [4.78, 5) is 10.5. The highest BCUT2D eigenvalue weighted by Gasteiger charge is 2.26. The summed E-state index contributed by atoms with van der Waals surface area (Å²) in [6.45, 7) is 3.22. The Morgan fingerprint density at radius 1 is 1.44 bits per heavy atom. The summed E-state index contributed by atoms with van der Waals surface area (Å²) < 4.78 is 0. The smallest absolute Gasteiger partial charge is 0.332 e. The second-order valence-electron chi connectivity index (χ2n) is 3.61. The molecule has 0 unspecified atom stereocenters. The van der Waals surface area contributed by atoms with E-state index in [1.807, 2.05) is 18.2 Å². The van der Waals surface area contributed by atoms with Gasteiger partial charge in [-0.25, -0.2) is 10.2 Å². The first kappa shape index (κ1) is 12.2. The Hall–Kier alpha value is -1.88. The molecular formula is C11H15N3O2. The minimum atomic E-state index is -1.23. The lowest BCUT2D eigenvalue weighted by molar-refractivity contribution is 0.131. The number of amides is 2. The van der Waals surface area contributed by atoms with Gasteiger partial charge in [0.2, 0.25) is 0 Å². The number of rotatable bonds is 3. The molecule has 0 radical (unpaired) electrons. The molecule has 0 aliphatic heterocycles. The maximum atomic E-state index is 10.5. The maximum absolute atomic E-state index is 10.5. The normalized spacial score (nSPS) is 15.3. The van der Waals surface area contributed by atoms with Gasteiger partial charge < -0.3 is 10.8 Å². The molecule has 0 spiro atoms. The van der Waals surface area contributed by atoms with Crippen molar-refractivity contribution in [3.63, 3.8) is 0 Å². The molecule has 4 N–H and O–H groups in total. The first-order chi connectivity index (χ1) is 7.44. The number of hydrogen-bond acceptors (Lipinski definition) is 3. The summed E-state index contributed by atoms with van der Waals surface area (Å²) in [5, 5.41) is 14.0. The number of urea groups is 1. The lowest BCUT2D eigenvalue weighted by atomic mass is 9.92. The van der Waals surface area contributed by atoms with Gasteiger partial charge in [0, 0.05) is 0 Å². The van der Waals surface area contributed by atoms with Gasteiger partial charge in [0.1, 0.15) is 5.60 Å². The molecule has 16 heavy (non-hydrogen) atoms. The largest absolute Gasteiger partial charge is 0.379 e. The minimum Gasteiger partial charge on any atom is -0.379 e. The van der Waals surface area contributed by atoms with E-state index in [2.05, 4.69) is 10.5 Å². The van der Waals surface area contributed by atoms with E-state index in [4.69, 9.17) is 5.73 Å². The molecule has 0 saturated heterocycles. The van der Waals surface area contributed by atoms with Gasteiger partial charge in [-0.1, -0.05) is 30.3 Å². The zero-order valence-electron chi connectivity index (χ0n) is 9.27. The molecule has 5 nitrogen and oxygen atoms in total. The lowest BCUT2D eigenvalue weighted by Crippen LogP contribution is -2.34. The van der Waals surface area contributed by atoms with Crippen LogP contribution in [0.5, 0.6) is 0 Å². The van der Waals surface area contributed by atoms with Crippen LogP contribution in [0, 0.1) is 0 Å². The van der Waals surface area contributed by atoms with Crippen molar-refractivity contribution < 1.29 is 9.90 Å². The highest BCUT2D eigenvalue weighted by Crippen LogP contribution is 2.21. The third-order valence-corrected chi connectivity index (χ3v) is 2.37. The van der Waals surface area contributed by atoms with Gasteiger partial charge in [0.25, 0.3) is 0 Å². The van der Waals surface area contributed by atoms with Crippen molar-refractivity contribution in [2.75, 3.05) is 0 Å². The molecule has 0 saturated carbocycles. The predicted molar refractivity (Wildman–Crippen MR) is 61.8 cm³/mol. The molecule has 1 rings (SSSR count). The van der Waals surface area contributed by atoms with Crippen molar-refractivity contribution in [1.82, 2.24) is 5.43 Å². The number of hydrogen-bond donors (Lipinski definition) is 3. The zero-order valence-corrected chi connectivity index (χ0v) is 9.27. The lowest BCUT2D eigenvalue weighted by Gasteiger charge is -2.23. The summed E-state index contributed by atoms with van der Waals surface area (Å²) >= 11 is 0. The van der Waals surface area contributed by atoms with E-state index in [0.717, 1.165) is 0 Å². The van der Waals surface area contributed by atoms with E-state index in [9.17, 15) is 9.90 Å². The van der Waals surface area contributed by atoms with Gasteiger partial charge in [-0.2, -0.15) is 5.10 Å². The molecule has 5 heteroatoms. The summed E-state index contributed by atoms with van der Waals surface area (Å²) in [6, 6.07) is 8.29. The third-order valence-electron chi connectivity index (χ3n) is 2.37. The minimum absolute atomic E-state index is 0.359. The van der Waals surface area contributed by atoms with Gasteiger partial charge in [0.05, 0.1) is 5.71 Å². The van der Waals surface area contributed by atoms with Crippen LogP contribution >= 0.6 is 0 Å². The fourth-order valence-electron chi connectivity index (χ4n) is 1.22. The van der Waals surface area contributed by atoms with E-state index in [0.29, 0.717) is 11.3 Å².